The largest absolute Gasteiger partial charge is 0.355 e. The van der Waals surface area contributed by atoms with Crippen LogP contribution in [0.25, 0.3) is 0 Å². The summed E-state index contributed by atoms with van der Waals surface area (Å²) in [4.78, 5) is 11.5. The highest BCUT2D eigenvalue weighted by molar-refractivity contribution is 9.10. The number of hydrogen-bond donors (Lipinski definition) is 1. The highest BCUT2D eigenvalue weighted by atomic mass is 79.9. The van der Waals surface area contributed by atoms with E-state index >= 15 is 0 Å². The smallest absolute Gasteiger partial charge is 0.244 e. The van der Waals surface area contributed by atoms with E-state index in [1.807, 2.05) is 6.92 Å². The Balaban J connectivity index is 2.90. The second-order valence-electron chi connectivity index (χ2n) is 4.19. The average molecular weight is 367 g/mol. The molecule has 0 aliphatic heterocycles. The van der Waals surface area contributed by atoms with Crippen LogP contribution in [-0.4, -0.2) is 38.8 Å². The summed E-state index contributed by atoms with van der Waals surface area (Å²) in [5.74, 6) is -0.921. The molecule has 1 aromatic rings. The molecule has 0 radical (unpaired) electrons. The highest BCUT2D eigenvalue weighted by Crippen LogP contribution is 2.25. The van der Waals surface area contributed by atoms with Crippen LogP contribution in [0.4, 0.5) is 4.39 Å². The van der Waals surface area contributed by atoms with Crippen molar-refractivity contribution in [1.29, 1.82) is 0 Å². The number of halogens is 2. The predicted octanol–water partition coefficient (Wildman–Crippen LogP) is 1.73. The molecule has 20 heavy (non-hydrogen) atoms. The van der Waals surface area contributed by atoms with Crippen LogP contribution in [0.1, 0.15) is 13.3 Å². The van der Waals surface area contributed by atoms with E-state index in [9.17, 15) is 17.6 Å². The van der Waals surface area contributed by atoms with Gasteiger partial charge in [0, 0.05) is 18.1 Å². The SMILES string of the molecule is CCCNC(=O)CN(C)S(=O)(=O)c1ccc(F)cc1Br. The van der Waals surface area contributed by atoms with Gasteiger partial charge in [-0.3, -0.25) is 4.79 Å². The van der Waals surface area contributed by atoms with Gasteiger partial charge in [0.1, 0.15) is 5.82 Å². The maximum absolute atomic E-state index is 13.0. The number of likely N-dealkylation sites (N-methyl/N-ethyl adjacent to an activating group) is 1. The molecule has 0 unspecified atom stereocenters. The molecule has 8 heteroatoms. The molecule has 5 nitrogen and oxygen atoms in total. The number of benzene rings is 1. The van der Waals surface area contributed by atoms with E-state index in [-0.39, 0.29) is 21.8 Å². The van der Waals surface area contributed by atoms with Gasteiger partial charge >= 0.3 is 0 Å². The van der Waals surface area contributed by atoms with Gasteiger partial charge in [-0.1, -0.05) is 6.92 Å². The van der Waals surface area contributed by atoms with Crippen LogP contribution in [0.15, 0.2) is 27.6 Å². The fourth-order valence-corrected chi connectivity index (χ4v) is 3.59. The molecule has 112 valence electrons. The number of carbonyl (C=O) groups is 1. The summed E-state index contributed by atoms with van der Waals surface area (Å²) in [5.41, 5.74) is 0. The van der Waals surface area contributed by atoms with Crippen molar-refractivity contribution in [3.05, 3.63) is 28.5 Å². The molecule has 0 atom stereocenters. The first kappa shape index (κ1) is 17.1. The lowest BCUT2D eigenvalue weighted by atomic mass is 10.3. The van der Waals surface area contributed by atoms with Crippen LogP contribution in [0.5, 0.6) is 0 Å². The molecular weight excluding hydrogens is 351 g/mol. The Morgan fingerprint density at radius 1 is 1.45 bits per heavy atom. The van der Waals surface area contributed by atoms with Gasteiger partial charge < -0.3 is 5.32 Å². The lowest BCUT2D eigenvalue weighted by Gasteiger charge is -2.17. The molecule has 0 spiro atoms. The van der Waals surface area contributed by atoms with E-state index < -0.39 is 15.8 Å². The van der Waals surface area contributed by atoms with Crippen molar-refractivity contribution >= 4 is 31.9 Å². The summed E-state index contributed by atoms with van der Waals surface area (Å²) >= 11 is 3.01. The summed E-state index contributed by atoms with van der Waals surface area (Å²) in [6.45, 7) is 2.11. The Bertz CT molecular complexity index is 592. The van der Waals surface area contributed by atoms with E-state index in [0.717, 1.165) is 28.9 Å². The number of hydrogen-bond acceptors (Lipinski definition) is 3. The zero-order chi connectivity index (χ0) is 15.3. The minimum Gasteiger partial charge on any atom is -0.355 e. The maximum Gasteiger partial charge on any atom is 0.244 e. The van der Waals surface area contributed by atoms with Crippen LogP contribution >= 0.6 is 15.9 Å². The van der Waals surface area contributed by atoms with Crippen molar-refractivity contribution in [3.8, 4) is 0 Å². The van der Waals surface area contributed by atoms with Gasteiger partial charge in [0.15, 0.2) is 0 Å². The second-order valence-corrected chi connectivity index (χ2v) is 7.05. The number of amides is 1. The minimum atomic E-state index is -3.85. The van der Waals surface area contributed by atoms with Crippen LogP contribution in [0, 0.1) is 5.82 Å². The minimum absolute atomic E-state index is 0.0790. The summed E-state index contributed by atoms with van der Waals surface area (Å²) in [7, 11) is -2.55. The van der Waals surface area contributed by atoms with Crippen LogP contribution in [0.2, 0.25) is 0 Å². The quantitative estimate of drug-likeness (QED) is 0.833. The number of rotatable bonds is 6. The van der Waals surface area contributed by atoms with Gasteiger partial charge in [-0.15, -0.1) is 0 Å². The Morgan fingerprint density at radius 3 is 2.65 bits per heavy atom. The standard InChI is InChI=1S/C12H16BrFN2O3S/c1-3-6-15-12(17)8-16(2)20(18,19)11-5-4-9(14)7-10(11)13/h4-5,7H,3,6,8H2,1-2H3,(H,15,17). The van der Waals surface area contributed by atoms with Crippen LogP contribution in [0.3, 0.4) is 0 Å². The van der Waals surface area contributed by atoms with Crippen LogP contribution in [-0.2, 0) is 14.8 Å². The zero-order valence-electron chi connectivity index (χ0n) is 11.2. The van der Waals surface area contributed by atoms with Crippen molar-refractivity contribution in [1.82, 2.24) is 9.62 Å². The second kappa shape index (κ2) is 7.14. The Kier molecular flexibility index (Phi) is 6.09. The molecule has 0 fully saturated rings. The van der Waals surface area contributed by atoms with Crippen molar-refractivity contribution in [2.75, 3.05) is 20.1 Å². The topological polar surface area (TPSA) is 66.5 Å². The van der Waals surface area contributed by atoms with Crippen molar-refractivity contribution in [3.63, 3.8) is 0 Å². The van der Waals surface area contributed by atoms with E-state index in [1.54, 1.807) is 0 Å². The summed E-state index contributed by atoms with van der Waals surface area (Å²) in [6.07, 6.45) is 0.770. The van der Waals surface area contributed by atoms with Gasteiger partial charge in [-0.2, -0.15) is 4.31 Å². The normalized spacial score (nSPS) is 11.7. The maximum atomic E-state index is 13.0. The number of sulfonamides is 1. The fraction of sp³-hybridized carbons (Fsp3) is 0.417. The van der Waals surface area contributed by atoms with E-state index in [0.29, 0.717) is 6.54 Å². The average Bonchev–Trinajstić information content (AvgIpc) is 2.35. The molecule has 0 heterocycles. The molecule has 0 aromatic heterocycles. The Hall–Kier alpha value is -0.990. The van der Waals surface area contributed by atoms with Crippen molar-refractivity contribution in [2.24, 2.45) is 0 Å². The molecule has 0 aliphatic rings. The van der Waals surface area contributed by atoms with Gasteiger partial charge in [-0.05, 0) is 40.5 Å². The third-order valence-electron chi connectivity index (χ3n) is 2.52. The first-order valence-corrected chi connectivity index (χ1v) is 8.20. The van der Waals surface area contributed by atoms with Gasteiger partial charge in [-0.25, -0.2) is 12.8 Å². The van der Waals surface area contributed by atoms with E-state index in [2.05, 4.69) is 21.2 Å². The predicted molar refractivity (Wildman–Crippen MR) is 77.2 cm³/mol. The molecule has 0 saturated carbocycles. The monoisotopic (exact) mass is 366 g/mol. The lowest BCUT2D eigenvalue weighted by molar-refractivity contribution is -0.121. The Labute approximate surface area is 126 Å². The van der Waals surface area contributed by atoms with Gasteiger partial charge in [0.2, 0.25) is 15.9 Å². The summed E-state index contributed by atoms with van der Waals surface area (Å²) in [6, 6.07) is 3.29. The first-order chi connectivity index (χ1) is 9.28. The zero-order valence-corrected chi connectivity index (χ0v) is 13.6. The lowest BCUT2D eigenvalue weighted by Crippen LogP contribution is -2.38. The molecule has 1 aromatic carbocycles. The van der Waals surface area contributed by atoms with Crippen molar-refractivity contribution < 1.29 is 17.6 Å². The van der Waals surface area contributed by atoms with Crippen molar-refractivity contribution in [2.45, 2.75) is 18.2 Å². The molecule has 1 N–H and O–H groups in total. The van der Waals surface area contributed by atoms with E-state index in [1.165, 1.54) is 7.05 Å². The summed E-state index contributed by atoms with van der Waals surface area (Å²) in [5, 5.41) is 2.59. The molecule has 1 amide bonds. The van der Waals surface area contributed by atoms with Crippen LogP contribution < -0.4 is 5.32 Å². The molecular formula is C12H16BrFN2O3S. The number of carbonyl (C=O) groups excluding carboxylic acids is 1. The third kappa shape index (κ3) is 4.26. The van der Waals surface area contributed by atoms with Gasteiger partial charge in [0.25, 0.3) is 0 Å². The third-order valence-corrected chi connectivity index (χ3v) is 5.30. The molecule has 0 saturated heterocycles. The molecule has 0 bridgehead atoms. The Morgan fingerprint density at radius 2 is 2.10 bits per heavy atom. The fourth-order valence-electron chi connectivity index (χ4n) is 1.46. The van der Waals surface area contributed by atoms with E-state index in [4.69, 9.17) is 0 Å². The van der Waals surface area contributed by atoms with Gasteiger partial charge in [0.05, 0.1) is 11.4 Å². The molecule has 0 aliphatic carbocycles. The molecule has 1 rings (SSSR count). The first-order valence-electron chi connectivity index (χ1n) is 5.97. The highest BCUT2D eigenvalue weighted by Gasteiger charge is 2.25. The summed E-state index contributed by atoms with van der Waals surface area (Å²) < 4.78 is 38.6. The number of nitrogens with zero attached hydrogens (tertiary/aromatic N) is 1. The number of nitrogens with one attached hydrogen (secondary N) is 1.